The second-order valence-corrected chi connectivity index (χ2v) is 8.57. The van der Waals surface area contributed by atoms with Crippen molar-refractivity contribution in [1.82, 2.24) is 24.5 Å². The van der Waals surface area contributed by atoms with Crippen molar-refractivity contribution in [3.8, 4) is 0 Å². The molecule has 0 N–H and O–H groups in total. The van der Waals surface area contributed by atoms with Gasteiger partial charge in [-0.25, -0.2) is 4.40 Å². The molecule has 5 rings (SSSR count). The number of rotatable bonds is 4. The van der Waals surface area contributed by atoms with Gasteiger partial charge in [0.05, 0.1) is 5.52 Å². The van der Waals surface area contributed by atoms with Crippen molar-refractivity contribution in [3.63, 3.8) is 0 Å². The summed E-state index contributed by atoms with van der Waals surface area (Å²) >= 11 is 6.26. The van der Waals surface area contributed by atoms with Crippen molar-refractivity contribution < 1.29 is 0 Å². The van der Waals surface area contributed by atoms with Crippen LogP contribution in [-0.4, -0.2) is 50.7 Å². The molecule has 4 aromatic rings. The molecule has 3 heterocycles. The van der Waals surface area contributed by atoms with Crippen LogP contribution < -0.4 is 4.90 Å². The normalized spacial score (nSPS) is 15.1. The van der Waals surface area contributed by atoms with Crippen LogP contribution in [0.5, 0.6) is 0 Å². The number of halogens is 1. The number of nitrogens with zero attached hydrogens (tertiary/aromatic N) is 6. The largest absolute Gasteiger partial charge is 0.329 e. The highest BCUT2D eigenvalue weighted by atomic mass is 35.5. The molecule has 1 aliphatic rings. The Morgan fingerprint density at radius 1 is 1.06 bits per heavy atom. The van der Waals surface area contributed by atoms with Gasteiger partial charge >= 0.3 is 0 Å². The predicted molar refractivity (Wildman–Crippen MR) is 127 cm³/mol. The van der Waals surface area contributed by atoms with Gasteiger partial charge in [0.1, 0.15) is 5.82 Å². The van der Waals surface area contributed by atoms with Crippen LogP contribution in [0.15, 0.2) is 54.6 Å². The zero-order valence-electron chi connectivity index (χ0n) is 18.0. The van der Waals surface area contributed by atoms with Gasteiger partial charge in [0.15, 0.2) is 0 Å². The van der Waals surface area contributed by atoms with E-state index in [1.54, 1.807) is 4.40 Å². The number of para-hydroxylation sites is 1. The molecule has 0 bridgehead atoms. The van der Waals surface area contributed by atoms with Crippen molar-refractivity contribution >= 4 is 45.4 Å². The second kappa shape index (κ2) is 7.94. The fourth-order valence-electron chi connectivity index (χ4n) is 4.26. The van der Waals surface area contributed by atoms with Crippen LogP contribution in [0.25, 0.3) is 22.3 Å². The molecule has 0 amide bonds. The fraction of sp³-hybridized carbons (Fsp3) is 0.292. The molecule has 0 radical (unpaired) electrons. The molecule has 2 aromatic carbocycles. The minimum Gasteiger partial charge on any atom is -0.329 e. The average Bonchev–Trinajstić information content (AvgIpc) is 3.19. The van der Waals surface area contributed by atoms with E-state index in [0.29, 0.717) is 17.1 Å². The van der Waals surface area contributed by atoms with Gasteiger partial charge in [-0.2, -0.15) is 4.98 Å². The maximum absolute atomic E-state index is 6.26. The Labute approximate surface area is 186 Å². The summed E-state index contributed by atoms with van der Waals surface area (Å²) in [6, 6.07) is 17.3. The molecule has 0 aliphatic carbocycles. The lowest BCUT2D eigenvalue weighted by molar-refractivity contribution is 0.245. The highest BCUT2D eigenvalue weighted by Gasteiger charge is 2.18. The third kappa shape index (κ3) is 3.56. The molecule has 0 saturated carbocycles. The molecule has 6 nitrogen and oxygen atoms in total. The van der Waals surface area contributed by atoms with E-state index < -0.39 is 0 Å². The number of aromatic nitrogens is 4. The Kier molecular flexibility index (Phi) is 5.12. The average molecular weight is 433 g/mol. The lowest BCUT2D eigenvalue weighted by Crippen LogP contribution is -2.34. The first-order chi connectivity index (χ1) is 15.0. The Morgan fingerprint density at radius 3 is 2.68 bits per heavy atom. The maximum Gasteiger partial charge on any atom is 0.258 e. The number of hydrogen-bond donors (Lipinski definition) is 0. The SMILES string of the molecule is CC(C)N1CC=C(c2cccc(N(C)c3nc4nnc(Cl)n4c4ccccc34)c2)CC1. The van der Waals surface area contributed by atoms with E-state index in [1.165, 1.54) is 11.1 Å². The number of fused-ring (bicyclic) bond motifs is 3. The van der Waals surface area contributed by atoms with E-state index in [2.05, 4.69) is 70.3 Å². The topological polar surface area (TPSA) is 49.6 Å². The quantitative estimate of drug-likeness (QED) is 0.443. The molecule has 0 spiro atoms. The summed E-state index contributed by atoms with van der Waals surface area (Å²) in [5.74, 6) is 1.32. The smallest absolute Gasteiger partial charge is 0.258 e. The van der Waals surface area contributed by atoms with Gasteiger partial charge in [-0.3, -0.25) is 4.90 Å². The van der Waals surface area contributed by atoms with Crippen LogP contribution in [0.1, 0.15) is 25.8 Å². The van der Waals surface area contributed by atoms with Gasteiger partial charge in [0.2, 0.25) is 5.28 Å². The minimum absolute atomic E-state index is 0.314. The molecule has 2 aromatic heterocycles. The van der Waals surface area contributed by atoms with Crippen molar-refractivity contribution in [2.75, 3.05) is 25.0 Å². The van der Waals surface area contributed by atoms with Gasteiger partial charge in [-0.1, -0.05) is 30.3 Å². The summed E-state index contributed by atoms with van der Waals surface area (Å²) in [7, 11) is 2.04. The highest BCUT2D eigenvalue weighted by Crippen LogP contribution is 2.33. The lowest BCUT2D eigenvalue weighted by atomic mass is 9.98. The Bertz CT molecular complexity index is 1290. The molecular formula is C24H25ClN6. The lowest BCUT2D eigenvalue weighted by Gasteiger charge is -2.30. The van der Waals surface area contributed by atoms with Crippen LogP contribution >= 0.6 is 11.6 Å². The standard InChI is InChI=1S/C24H25ClN6/c1-16(2)30-13-11-17(12-14-30)18-7-6-8-19(15-18)29(3)22-20-9-4-5-10-21(20)31-23(25)27-28-24(31)26-22/h4-11,15-16H,12-14H2,1-3H3. The van der Waals surface area contributed by atoms with E-state index in [4.69, 9.17) is 16.6 Å². The number of benzene rings is 2. The first-order valence-electron chi connectivity index (χ1n) is 10.6. The van der Waals surface area contributed by atoms with Gasteiger partial charge in [0, 0.05) is 37.3 Å². The Morgan fingerprint density at radius 2 is 1.90 bits per heavy atom. The summed E-state index contributed by atoms with van der Waals surface area (Å²) in [6.45, 7) is 6.61. The monoisotopic (exact) mass is 432 g/mol. The van der Waals surface area contributed by atoms with Crippen LogP contribution in [0.4, 0.5) is 11.5 Å². The Balaban J connectivity index is 1.55. The third-order valence-corrected chi connectivity index (χ3v) is 6.34. The van der Waals surface area contributed by atoms with Gasteiger partial charge in [0.25, 0.3) is 5.78 Å². The number of anilines is 2. The highest BCUT2D eigenvalue weighted by molar-refractivity contribution is 6.29. The zero-order chi connectivity index (χ0) is 21.5. The summed E-state index contributed by atoms with van der Waals surface area (Å²) in [5.41, 5.74) is 4.69. The zero-order valence-corrected chi connectivity index (χ0v) is 18.7. The maximum atomic E-state index is 6.26. The van der Waals surface area contributed by atoms with E-state index in [-0.39, 0.29) is 0 Å². The molecular weight excluding hydrogens is 408 g/mol. The minimum atomic E-state index is 0.314. The van der Waals surface area contributed by atoms with Crippen molar-refractivity contribution in [2.24, 2.45) is 0 Å². The van der Waals surface area contributed by atoms with Gasteiger partial charge in [-0.05, 0) is 67.3 Å². The van der Waals surface area contributed by atoms with E-state index in [0.717, 1.165) is 41.9 Å². The van der Waals surface area contributed by atoms with E-state index in [9.17, 15) is 0 Å². The van der Waals surface area contributed by atoms with Gasteiger partial charge in [-0.15, -0.1) is 10.2 Å². The first kappa shape index (κ1) is 20.0. The molecule has 0 fully saturated rings. The van der Waals surface area contributed by atoms with Crippen molar-refractivity contribution in [1.29, 1.82) is 0 Å². The van der Waals surface area contributed by atoms with Crippen LogP contribution in [0.3, 0.4) is 0 Å². The predicted octanol–water partition coefficient (Wildman–Crippen LogP) is 5.20. The summed E-state index contributed by atoms with van der Waals surface area (Å²) in [5, 5.41) is 9.45. The molecule has 0 atom stereocenters. The Hall–Kier alpha value is -2.96. The molecule has 7 heteroatoms. The van der Waals surface area contributed by atoms with Crippen molar-refractivity contribution in [3.05, 3.63) is 65.5 Å². The first-order valence-corrected chi connectivity index (χ1v) is 11.0. The van der Waals surface area contributed by atoms with Gasteiger partial charge < -0.3 is 4.90 Å². The molecule has 1 aliphatic heterocycles. The van der Waals surface area contributed by atoms with Crippen LogP contribution in [0, 0.1) is 0 Å². The summed E-state index contributed by atoms with van der Waals surface area (Å²) < 4.78 is 1.78. The summed E-state index contributed by atoms with van der Waals surface area (Å²) in [6.07, 6.45) is 3.43. The van der Waals surface area contributed by atoms with E-state index in [1.807, 2.05) is 25.2 Å². The second-order valence-electron chi connectivity index (χ2n) is 8.23. The molecule has 0 unspecified atom stereocenters. The van der Waals surface area contributed by atoms with E-state index >= 15 is 0 Å². The number of hydrogen-bond acceptors (Lipinski definition) is 5. The molecule has 31 heavy (non-hydrogen) atoms. The van der Waals surface area contributed by atoms with Crippen LogP contribution in [0.2, 0.25) is 5.28 Å². The van der Waals surface area contributed by atoms with Crippen molar-refractivity contribution in [2.45, 2.75) is 26.3 Å². The molecule has 0 saturated heterocycles. The molecule has 158 valence electrons. The fourth-order valence-corrected chi connectivity index (χ4v) is 4.46. The third-order valence-electron chi connectivity index (χ3n) is 6.09. The van der Waals surface area contributed by atoms with Crippen LogP contribution in [-0.2, 0) is 0 Å². The summed E-state index contributed by atoms with van der Waals surface area (Å²) in [4.78, 5) is 9.39.